The fraction of sp³-hybridized carbons (Fsp3) is 0.292. The highest BCUT2D eigenvalue weighted by atomic mass is 35.5. The van der Waals surface area contributed by atoms with Gasteiger partial charge >= 0.3 is 0 Å². The highest BCUT2D eigenvalue weighted by molar-refractivity contribution is 8.01. The van der Waals surface area contributed by atoms with E-state index in [1.54, 1.807) is 24.3 Å². The van der Waals surface area contributed by atoms with Crippen molar-refractivity contribution in [1.82, 2.24) is 10.3 Å². The van der Waals surface area contributed by atoms with Gasteiger partial charge in [0.1, 0.15) is 6.54 Å². The van der Waals surface area contributed by atoms with E-state index in [1.165, 1.54) is 23.1 Å². The minimum absolute atomic E-state index is 0.00705. The lowest BCUT2D eigenvalue weighted by Crippen LogP contribution is -2.52. The number of carbonyl (C=O) groups excluding carboxylic acids is 1. The number of amides is 1. The first kappa shape index (κ1) is 25.0. The molecule has 1 aromatic heterocycles. The Morgan fingerprint density at radius 3 is 2.62 bits per heavy atom. The van der Waals surface area contributed by atoms with Crippen molar-refractivity contribution in [3.05, 3.63) is 74.2 Å². The van der Waals surface area contributed by atoms with E-state index in [-0.39, 0.29) is 22.3 Å². The standard InChI is InChI=1S/C24H22Cl2N4O2S2/c25-20-6-3-17(11-21(20)26)13-30(32)9-7-19(8-10-30)28-23(31)15-34-24-29-22(14-33-24)18-4-1-16(12-27)2-5-18/h1-6,11,14,19H,7-10,13,15H2,(H,28,31). The molecule has 0 radical (unpaired) electrons. The molecule has 0 bridgehead atoms. The van der Waals surface area contributed by atoms with E-state index in [1.807, 2.05) is 23.6 Å². The van der Waals surface area contributed by atoms with Crippen LogP contribution in [0.25, 0.3) is 11.3 Å². The maximum absolute atomic E-state index is 13.1. The van der Waals surface area contributed by atoms with Crippen molar-refractivity contribution in [2.75, 3.05) is 18.8 Å². The SMILES string of the molecule is N#Cc1ccc(-c2csc(SCC(=O)NC3CC[N+]([O-])(Cc4ccc(Cl)c(Cl)c4)CC3)n2)cc1. The van der Waals surface area contributed by atoms with Crippen molar-refractivity contribution in [2.24, 2.45) is 0 Å². The Morgan fingerprint density at radius 1 is 1.21 bits per heavy atom. The van der Waals surface area contributed by atoms with E-state index < -0.39 is 0 Å². The number of hydrogen-bond acceptors (Lipinski definition) is 6. The predicted octanol–water partition coefficient (Wildman–Crippen LogP) is 5.87. The molecule has 2 heterocycles. The summed E-state index contributed by atoms with van der Waals surface area (Å²) in [5, 5.41) is 28.0. The van der Waals surface area contributed by atoms with Gasteiger partial charge in [-0.05, 0) is 24.3 Å². The number of nitriles is 1. The van der Waals surface area contributed by atoms with Crippen LogP contribution >= 0.6 is 46.3 Å². The quantitative estimate of drug-likeness (QED) is 0.233. The maximum Gasteiger partial charge on any atom is 0.230 e. The van der Waals surface area contributed by atoms with Gasteiger partial charge in [-0.2, -0.15) is 5.26 Å². The van der Waals surface area contributed by atoms with E-state index in [2.05, 4.69) is 16.4 Å². The molecule has 0 unspecified atom stereocenters. The van der Waals surface area contributed by atoms with Crippen LogP contribution < -0.4 is 5.32 Å². The normalized spacial score (nSPS) is 20.0. The van der Waals surface area contributed by atoms with Crippen LogP contribution in [0.5, 0.6) is 0 Å². The highest BCUT2D eigenvalue weighted by Crippen LogP contribution is 2.29. The topological polar surface area (TPSA) is 88.8 Å². The van der Waals surface area contributed by atoms with Crippen LogP contribution in [0, 0.1) is 16.5 Å². The molecular weight excluding hydrogens is 511 g/mol. The smallest absolute Gasteiger partial charge is 0.230 e. The molecule has 176 valence electrons. The van der Waals surface area contributed by atoms with E-state index in [0.717, 1.165) is 21.2 Å². The molecule has 1 saturated heterocycles. The van der Waals surface area contributed by atoms with Crippen molar-refractivity contribution >= 4 is 52.2 Å². The van der Waals surface area contributed by atoms with Gasteiger partial charge < -0.3 is 15.2 Å². The number of halogens is 2. The summed E-state index contributed by atoms with van der Waals surface area (Å²) in [7, 11) is 0. The molecule has 6 nitrogen and oxygen atoms in total. The van der Waals surface area contributed by atoms with Crippen LogP contribution in [0.2, 0.25) is 10.0 Å². The van der Waals surface area contributed by atoms with Crippen LogP contribution in [-0.2, 0) is 11.3 Å². The van der Waals surface area contributed by atoms with Crippen molar-refractivity contribution < 1.29 is 9.44 Å². The number of hydroxylamine groups is 3. The van der Waals surface area contributed by atoms with Gasteiger partial charge in [-0.25, -0.2) is 4.98 Å². The van der Waals surface area contributed by atoms with Crippen molar-refractivity contribution in [2.45, 2.75) is 29.8 Å². The molecule has 10 heteroatoms. The first-order valence-corrected chi connectivity index (χ1v) is 13.3. The zero-order valence-electron chi connectivity index (χ0n) is 18.2. The monoisotopic (exact) mass is 532 g/mol. The minimum atomic E-state index is -0.323. The van der Waals surface area contributed by atoms with E-state index in [9.17, 15) is 10.0 Å². The maximum atomic E-state index is 13.1. The third-order valence-electron chi connectivity index (χ3n) is 5.71. The van der Waals surface area contributed by atoms with Crippen LogP contribution in [0.3, 0.4) is 0 Å². The molecule has 1 fully saturated rings. The first-order chi connectivity index (χ1) is 16.3. The highest BCUT2D eigenvalue weighted by Gasteiger charge is 2.28. The van der Waals surface area contributed by atoms with Gasteiger partial charge in [0.25, 0.3) is 0 Å². The summed E-state index contributed by atoms with van der Waals surface area (Å²) < 4.78 is 0.492. The third kappa shape index (κ3) is 6.51. The zero-order valence-corrected chi connectivity index (χ0v) is 21.3. The molecule has 1 N–H and O–H groups in total. The van der Waals surface area contributed by atoms with Crippen LogP contribution in [0.4, 0.5) is 0 Å². The molecular formula is C24H22Cl2N4O2S2. The Labute approximate surface area is 216 Å². The van der Waals surface area contributed by atoms with Crippen molar-refractivity contribution in [3.63, 3.8) is 0 Å². The van der Waals surface area contributed by atoms with Gasteiger partial charge in [-0.3, -0.25) is 4.79 Å². The number of piperidine rings is 1. The number of benzene rings is 2. The lowest BCUT2D eigenvalue weighted by Gasteiger charge is -2.47. The van der Waals surface area contributed by atoms with Crippen molar-refractivity contribution in [1.29, 1.82) is 5.26 Å². The lowest BCUT2D eigenvalue weighted by atomic mass is 10.0. The number of quaternary nitrogens is 1. The van der Waals surface area contributed by atoms with Crippen LogP contribution in [-0.4, -0.2) is 40.4 Å². The van der Waals surface area contributed by atoms with Gasteiger partial charge in [0.05, 0.1) is 46.2 Å². The zero-order chi connectivity index (χ0) is 24.1. The second-order valence-electron chi connectivity index (χ2n) is 8.23. The molecule has 34 heavy (non-hydrogen) atoms. The van der Waals surface area contributed by atoms with Gasteiger partial charge in [0.15, 0.2) is 4.34 Å². The van der Waals surface area contributed by atoms with Crippen LogP contribution in [0.15, 0.2) is 52.2 Å². The van der Waals surface area contributed by atoms with Crippen LogP contribution in [0.1, 0.15) is 24.0 Å². The summed E-state index contributed by atoms with van der Waals surface area (Å²) in [6.07, 6.45) is 1.28. The second-order valence-corrected chi connectivity index (χ2v) is 11.1. The van der Waals surface area contributed by atoms with Gasteiger partial charge in [0.2, 0.25) is 5.91 Å². The molecule has 4 rings (SSSR count). The number of likely N-dealkylation sites (tertiary alicyclic amines) is 1. The number of nitrogens with zero attached hydrogens (tertiary/aromatic N) is 3. The summed E-state index contributed by atoms with van der Waals surface area (Å²) in [4.78, 5) is 17.0. The Hall–Kier alpha value is -2.12. The molecule has 2 aromatic carbocycles. The predicted molar refractivity (Wildman–Crippen MR) is 138 cm³/mol. The summed E-state index contributed by atoms with van der Waals surface area (Å²) in [6.45, 7) is 1.23. The molecule has 0 saturated carbocycles. The molecule has 1 aliphatic heterocycles. The van der Waals surface area contributed by atoms with E-state index in [4.69, 9.17) is 28.5 Å². The number of thioether (sulfide) groups is 1. The van der Waals surface area contributed by atoms with Gasteiger partial charge in [-0.1, -0.05) is 53.2 Å². The van der Waals surface area contributed by atoms with Crippen molar-refractivity contribution in [3.8, 4) is 17.3 Å². The number of carbonyl (C=O) groups is 1. The molecule has 0 spiro atoms. The van der Waals surface area contributed by atoms with E-state index in [0.29, 0.717) is 48.1 Å². The molecule has 0 atom stereocenters. The number of thiazole rings is 1. The fourth-order valence-electron chi connectivity index (χ4n) is 3.88. The molecule has 0 aliphatic carbocycles. The summed E-state index contributed by atoms with van der Waals surface area (Å²) in [5.41, 5.74) is 3.24. The molecule has 1 aliphatic rings. The first-order valence-electron chi connectivity index (χ1n) is 10.7. The third-order valence-corrected chi connectivity index (χ3v) is 8.47. The molecule has 1 amide bonds. The fourth-order valence-corrected chi connectivity index (χ4v) is 5.85. The lowest BCUT2D eigenvalue weighted by molar-refractivity contribution is -0.898. The van der Waals surface area contributed by atoms with Gasteiger partial charge in [0, 0.05) is 35.4 Å². The second kappa shape index (κ2) is 11.1. The Balaban J connectivity index is 1.22. The van der Waals surface area contributed by atoms with Gasteiger partial charge in [-0.15, -0.1) is 11.3 Å². The average Bonchev–Trinajstić information content (AvgIpc) is 3.31. The minimum Gasteiger partial charge on any atom is -0.633 e. The Kier molecular flexibility index (Phi) is 8.14. The average molecular weight is 534 g/mol. The summed E-state index contributed by atoms with van der Waals surface area (Å²) >= 11 is 14.9. The Morgan fingerprint density at radius 2 is 1.94 bits per heavy atom. The summed E-state index contributed by atoms with van der Waals surface area (Å²) in [5.74, 6) is 0.220. The Bertz CT molecular complexity index is 1200. The summed E-state index contributed by atoms with van der Waals surface area (Å²) in [6, 6.07) is 14.7. The largest absolute Gasteiger partial charge is 0.633 e. The molecule has 3 aromatic rings. The van der Waals surface area contributed by atoms with E-state index >= 15 is 0 Å². The number of hydrogen-bond donors (Lipinski definition) is 1. The number of nitrogens with one attached hydrogen (secondary N) is 1. The number of rotatable bonds is 7. The number of aromatic nitrogens is 1.